The number of carbonyl (C=O) groups is 2. The molecule has 0 radical (unpaired) electrons. The molecular weight excluding hydrogens is 446 g/mol. The van der Waals surface area contributed by atoms with E-state index in [0.29, 0.717) is 43.5 Å². The minimum absolute atomic E-state index is 0.0823. The number of carbonyl (C=O) groups excluding carboxylic acids is 2. The number of aromatic nitrogens is 2. The summed E-state index contributed by atoms with van der Waals surface area (Å²) in [6.07, 6.45) is -0.648. The predicted octanol–water partition coefficient (Wildman–Crippen LogP) is 2.41. The average Bonchev–Trinajstić information content (AvgIpc) is 3.23. The van der Waals surface area contributed by atoms with E-state index in [9.17, 15) is 9.59 Å². The highest BCUT2D eigenvalue weighted by molar-refractivity contribution is 5.91. The maximum atomic E-state index is 12.9. The van der Waals surface area contributed by atoms with Crippen LogP contribution in [0.3, 0.4) is 0 Å². The molecule has 5 rings (SSSR count). The third kappa shape index (κ3) is 5.14. The SMILES string of the molecule is Cc1ccc(-n2nc(C)cc2NC(=O)CN2CCN(C(=O)[C@H]3COc4ccccc4O3)CC2)cc1. The molecule has 0 bridgehead atoms. The summed E-state index contributed by atoms with van der Waals surface area (Å²) in [5.74, 6) is 1.69. The van der Waals surface area contributed by atoms with Crippen LogP contribution >= 0.6 is 0 Å². The minimum Gasteiger partial charge on any atom is -0.485 e. The Morgan fingerprint density at radius 1 is 1.00 bits per heavy atom. The molecule has 9 heteroatoms. The fourth-order valence-electron chi connectivity index (χ4n) is 4.33. The van der Waals surface area contributed by atoms with E-state index >= 15 is 0 Å². The number of amides is 2. The highest BCUT2D eigenvalue weighted by Crippen LogP contribution is 2.31. The summed E-state index contributed by atoms with van der Waals surface area (Å²) in [7, 11) is 0. The van der Waals surface area contributed by atoms with Gasteiger partial charge in [0.2, 0.25) is 12.0 Å². The van der Waals surface area contributed by atoms with Crippen molar-refractivity contribution in [3.63, 3.8) is 0 Å². The molecule has 0 aliphatic carbocycles. The molecule has 1 aromatic heterocycles. The first-order valence-electron chi connectivity index (χ1n) is 11.8. The normalized spacial score (nSPS) is 17.8. The van der Waals surface area contributed by atoms with Crippen molar-refractivity contribution in [3.05, 3.63) is 65.9 Å². The first-order chi connectivity index (χ1) is 17.0. The Balaban J connectivity index is 1.13. The van der Waals surface area contributed by atoms with Gasteiger partial charge in [0.1, 0.15) is 12.4 Å². The van der Waals surface area contributed by atoms with Gasteiger partial charge in [-0.3, -0.25) is 14.5 Å². The first kappa shape index (κ1) is 22.9. The number of aryl methyl sites for hydroxylation is 2. The van der Waals surface area contributed by atoms with Gasteiger partial charge in [-0.2, -0.15) is 5.10 Å². The van der Waals surface area contributed by atoms with Crippen molar-refractivity contribution in [3.8, 4) is 17.2 Å². The van der Waals surface area contributed by atoms with Gasteiger partial charge in [-0.25, -0.2) is 4.68 Å². The summed E-state index contributed by atoms with van der Waals surface area (Å²) in [6, 6.07) is 17.2. The smallest absolute Gasteiger partial charge is 0.267 e. The number of benzene rings is 2. The summed E-state index contributed by atoms with van der Waals surface area (Å²) in [5.41, 5.74) is 2.88. The zero-order chi connectivity index (χ0) is 24.4. The third-order valence-corrected chi connectivity index (χ3v) is 6.21. The molecule has 9 nitrogen and oxygen atoms in total. The monoisotopic (exact) mass is 475 g/mol. The minimum atomic E-state index is -0.648. The van der Waals surface area contributed by atoms with Crippen molar-refractivity contribution in [1.82, 2.24) is 19.6 Å². The van der Waals surface area contributed by atoms with Crippen molar-refractivity contribution in [2.75, 3.05) is 44.6 Å². The van der Waals surface area contributed by atoms with E-state index in [0.717, 1.165) is 16.9 Å². The number of hydrogen-bond acceptors (Lipinski definition) is 6. The predicted molar refractivity (Wildman–Crippen MR) is 131 cm³/mol. The molecule has 1 N–H and O–H groups in total. The van der Waals surface area contributed by atoms with Gasteiger partial charge in [-0.15, -0.1) is 0 Å². The van der Waals surface area contributed by atoms with Gasteiger partial charge < -0.3 is 19.7 Å². The van der Waals surface area contributed by atoms with Crippen LogP contribution in [0.4, 0.5) is 5.82 Å². The van der Waals surface area contributed by atoms with Gasteiger partial charge in [0.05, 0.1) is 17.9 Å². The van der Waals surface area contributed by atoms with E-state index in [1.165, 1.54) is 0 Å². The zero-order valence-electron chi connectivity index (χ0n) is 19.9. The Bertz CT molecular complexity index is 1210. The fourth-order valence-corrected chi connectivity index (χ4v) is 4.33. The molecule has 3 heterocycles. The lowest BCUT2D eigenvalue weighted by Gasteiger charge is -2.36. The second-order valence-corrected chi connectivity index (χ2v) is 8.93. The standard InChI is InChI=1S/C26H29N5O4/c1-18-7-9-20(10-8-18)31-24(15-19(2)28-31)27-25(32)16-29-11-13-30(14-12-29)26(33)23-17-34-21-5-3-4-6-22(21)35-23/h3-10,15,23H,11-14,16-17H2,1-2H3,(H,27,32)/t23-/m1/s1. The zero-order valence-corrected chi connectivity index (χ0v) is 19.9. The van der Waals surface area contributed by atoms with Crippen LogP contribution in [-0.2, 0) is 9.59 Å². The highest BCUT2D eigenvalue weighted by Gasteiger charge is 2.33. The molecule has 0 saturated carbocycles. The molecule has 35 heavy (non-hydrogen) atoms. The maximum Gasteiger partial charge on any atom is 0.267 e. The summed E-state index contributed by atoms with van der Waals surface area (Å²) < 4.78 is 13.3. The quantitative estimate of drug-likeness (QED) is 0.610. The van der Waals surface area contributed by atoms with Crippen LogP contribution in [-0.4, -0.2) is 76.8 Å². The van der Waals surface area contributed by atoms with Crippen LogP contribution in [0.2, 0.25) is 0 Å². The van der Waals surface area contributed by atoms with Gasteiger partial charge in [0.25, 0.3) is 5.91 Å². The molecule has 2 aliphatic heterocycles. The van der Waals surface area contributed by atoms with Crippen LogP contribution in [0.5, 0.6) is 11.5 Å². The summed E-state index contributed by atoms with van der Waals surface area (Å²) in [5, 5.41) is 7.51. The van der Waals surface area contributed by atoms with E-state index in [-0.39, 0.29) is 25.0 Å². The number of fused-ring (bicyclic) bond motifs is 1. The van der Waals surface area contributed by atoms with Crippen molar-refractivity contribution in [2.24, 2.45) is 0 Å². The van der Waals surface area contributed by atoms with E-state index < -0.39 is 6.10 Å². The summed E-state index contributed by atoms with van der Waals surface area (Å²) in [6.45, 7) is 6.67. The van der Waals surface area contributed by atoms with Crippen molar-refractivity contribution in [2.45, 2.75) is 20.0 Å². The van der Waals surface area contributed by atoms with E-state index in [2.05, 4.69) is 10.4 Å². The second kappa shape index (κ2) is 9.79. The number of nitrogens with zero attached hydrogens (tertiary/aromatic N) is 4. The number of anilines is 1. The van der Waals surface area contributed by atoms with Crippen LogP contribution in [0.15, 0.2) is 54.6 Å². The number of piperazine rings is 1. The van der Waals surface area contributed by atoms with E-state index in [1.54, 1.807) is 15.6 Å². The number of rotatable bonds is 5. The molecule has 0 unspecified atom stereocenters. The average molecular weight is 476 g/mol. The molecular formula is C26H29N5O4. The first-order valence-corrected chi connectivity index (χ1v) is 11.8. The molecule has 2 aliphatic rings. The van der Waals surface area contributed by atoms with E-state index in [1.807, 2.05) is 67.3 Å². The third-order valence-electron chi connectivity index (χ3n) is 6.21. The lowest BCUT2D eigenvalue weighted by molar-refractivity contribution is -0.143. The van der Waals surface area contributed by atoms with Gasteiger partial charge in [-0.05, 0) is 38.1 Å². The topological polar surface area (TPSA) is 88.9 Å². The number of ether oxygens (including phenoxy) is 2. The number of para-hydroxylation sites is 2. The Labute approximate surface area is 204 Å². The molecule has 2 aromatic carbocycles. The Hall–Kier alpha value is -3.85. The Kier molecular flexibility index (Phi) is 6.41. The van der Waals surface area contributed by atoms with Crippen LogP contribution in [0.25, 0.3) is 5.69 Å². The number of hydrogen-bond donors (Lipinski definition) is 1. The largest absolute Gasteiger partial charge is 0.485 e. The Morgan fingerprint density at radius 2 is 1.71 bits per heavy atom. The molecule has 0 spiro atoms. The fraction of sp³-hybridized carbons (Fsp3) is 0.346. The summed E-state index contributed by atoms with van der Waals surface area (Å²) >= 11 is 0. The van der Waals surface area contributed by atoms with Crippen LogP contribution in [0, 0.1) is 13.8 Å². The van der Waals surface area contributed by atoms with Gasteiger partial charge >= 0.3 is 0 Å². The lowest BCUT2D eigenvalue weighted by Crippen LogP contribution is -2.55. The van der Waals surface area contributed by atoms with Crippen LogP contribution < -0.4 is 14.8 Å². The summed E-state index contributed by atoms with van der Waals surface area (Å²) in [4.78, 5) is 29.6. The molecule has 1 saturated heterocycles. The molecule has 3 aromatic rings. The maximum absolute atomic E-state index is 12.9. The number of nitrogens with one attached hydrogen (secondary N) is 1. The van der Waals surface area contributed by atoms with Crippen LogP contribution in [0.1, 0.15) is 11.3 Å². The van der Waals surface area contributed by atoms with Gasteiger partial charge in [-0.1, -0.05) is 29.8 Å². The molecule has 2 amide bonds. The van der Waals surface area contributed by atoms with E-state index in [4.69, 9.17) is 9.47 Å². The van der Waals surface area contributed by atoms with Crippen molar-refractivity contribution >= 4 is 17.6 Å². The highest BCUT2D eigenvalue weighted by atomic mass is 16.6. The Morgan fingerprint density at radius 3 is 2.46 bits per heavy atom. The van der Waals surface area contributed by atoms with Crippen molar-refractivity contribution < 1.29 is 19.1 Å². The van der Waals surface area contributed by atoms with Crippen molar-refractivity contribution in [1.29, 1.82) is 0 Å². The van der Waals surface area contributed by atoms with Gasteiger partial charge in [0, 0.05) is 32.2 Å². The molecule has 1 atom stereocenters. The molecule has 1 fully saturated rings. The second-order valence-electron chi connectivity index (χ2n) is 8.93. The molecule has 182 valence electrons. The lowest BCUT2D eigenvalue weighted by atomic mass is 10.2. The van der Waals surface area contributed by atoms with Gasteiger partial charge in [0.15, 0.2) is 11.5 Å².